The molecule has 0 spiro atoms. The van der Waals surface area contributed by atoms with E-state index in [-0.39, 0.29) is 5.75 Å². The van der Waals surface area contributed by atoms with Crippen LogP contribution in [0.3, 0.4) is 0 Å². The fraction of sp³-hybridized carbons (Fsp3) is 0.300. The maximum Gasteiger partial charge on any atom is 0.116 e. The molecule has 0 aliphatic carbocycles. The van der Waals surface area contributed by atoms with Gasteiger partial charge >= 0.3 is 0 Å². The number of hydrogen-bond acceptors (Lipinski definition) is 3. The quantitative estimate of drug-likeness (QED) is 0.759. The lowest BCUT2D eigenvalue weighted by molar-refractivity contribution is 0.476. The minimum atomic E-state index is 0.283. The van der Waals surface area contributed by atoms with E-state index in [0.717, 1.165) is 24.0 Å². The van der Waals surface area contributed by atoms with Gasteiger partial charge in [0.05, 0.1) is 12.1 Å². The molecule has 2 aromatic rings. The lowest BCUT2D eigenvalue weighted by atomic mass is 10.2. The van der Waals surface area contributed by atoms with Gasteiger partial charge in [0.25, 0.3) is 0 Å². The van der Waals surface area contributed by atoms with Crippen LogP contribution in [-0.2, 0) is 6.54 Å². The van der Waals surface area contributed by atoms with Crippen molar-refractivity contribution in [1.29, 1.82) is 0 Å². The summed E-state index contributed by atoms with van der Waals surface area (Å²) in [6.07, 6.45) is 1.94. The van der Waals surface area contributed by atoms with E-state index in [2.05, 4.69) is 10.4 Å². The molecule has 4 heteroatoms. The van der Waals surface area contributed by atoms with Gasteiger partial charge in [0, 0.05) is 18.1 Å². The van der Waals surface area contributed by atoms with Gasteiger partial charge in [-0.15, -0.1) is 0 Å². The van der Waals surface area contributed by atoms with Crippen LogP contribution in [-0.4, -0.2) is 28.5 Å². The molecule has 4 nitrogen and oxygen atoms in total. The molecule has 1 heterocycles. The maximum absolute atomic E-state index is 9.27. The van der Waals surface area contributed by atoms with Crippen molar-refractivity contribution in [3.63, 3.8) is 0 Å². The van der Waals surface area contributed by atoms with Crippen LogP contribution in [0.2, 0.25) is 0 Å². The molecule has 74 valence electrons. The molecule has 0 saturated heterocycles. The molecule has 0 unspecified atom stereocenters. The Bertz CT molecular complexity index is 436. The van der Waals surface area contributed by atoms with Crippen LogP contribution in [0.25, 0.3) is 10.9 Å². The van der Waals surface area contributed by atoms with E-state index in [9.17, 15) is 5.11 Å². The highest BCUT2D eigenvalue weighted by molar-refractivity contribution is 5.79. The Morgan fingerprint density at radius 1 is 1.50 bits per heavy atom. The second kappa shape index (κ2) is 3.67. The number of benzene rings is 1. The molecule has 0 fully saturated rings. The third-order valence-corrected chi connectivity index (χ3v) is 2.13. The number of hydrogen-bond donors (Lipinski definition) is 2. The summed E-state index contributed by atoms with van der Waals surface area (Å²) in [5.74, 6) is 0.283. The monoisotopic (exact) mass is 191 g/mol. The van der Waals surface area contributed by atoms with E-state index in [1.807, 2.05) is 24.0 Å². The molecule has 0 aliphatic rings. The zero-order chi connectivity index (χ0) is 9.97. The Morgan fingerprint density at radius 2 is 2.36 bits per heavy atom. The Hall–Kier alpha value is -1.55. The van der Waals surface area contributed by atoms with Crippen LogP contribution in [0.4, 0.5) is 0 Å². The highest BCUT2D eigenvalue weighted by Crippen LogP contribution is 2.17. The number of aromatic hydroxyl groups is 1. The minimum absolute atomic E-state index is 0.283. The largest absolute Gasteiger partial charge is 0.508 e. The van der Waals surface area contributed by atoms with Crippen molar-refractivity contribution in [2.45, 2.75) is 6.54 Å². The first-order valence-corrected chi connectivity index (χ1v) is 4.60. The highest BCUT2D eigenvalue weighted by Gasteiger charge is 2.00. The van der Waals surface area contributed by atoms with Gasteiger partial charge in [-0.3, -0.25) is 4.68 Å². The lowest BCUT2D eigenvalue weighted by Gasteiger charge is -1.97. The zero-order valence-electron chi connectivity index (χ0n) is 8.07. The zero-order valence-corrected chi connectivity index (χ0v) is 8.07. The lowest BCUT2D eigenvalue weighted by Crippen LogP contribution is -2.14. The molecule has 1 aromatic heterocycles. The van der Waals surface area contributed by atoms with E-state index in [1.165, 1.54) is 0 Å². The Labute approximate surface area is 82.2 Å². The van der Waals surface area contributed by atoms with Gasteiger partial charge in [-0.2, -0.15) is 5.10 Å². The molecule has 0 amide bonds. The molecular weight excluding hydrogens is 178 g/mol. The van der Waals surface area contributed by atoms with Crippen LogP contribution in [0.5, 0.6) is 5.75 Å². The molecule has 14 heavy (non-hydrogen) atoms. The average Bonchev–Trinajstić information content (AvgIpc) is 2.56. The van der Waals surface area contributed by atoms with Gasteiger partial charge in [0.2, 0.25) is 0 Å². The maximum atomic E-state index is 9.27. The van der Waals surface area contributed by atoms with Gasteiger partial charge in [0.1, 0.15) is 5.75 Å². The summed E-state index contributed by atoms with van der Waals surface area (Å²) < 4.78 is 1.88. The van der Waals surface area contributed by atoms with Crippen molar-refractivity contribution >= 4 is 10.9 Å². The molecule has 0 aliphatic heterocycles. The van der Waals surface area contributed by atoms with Gasteiger partial charge in [-0.1, -0.05) is 0 Å². The Morgan fingerprint density at radius 3 is 3.14 bits per heavy atom. The summed E-state index contributed by atoms with van der Waals surface area (Å²) in [5, 5.41) is 17.7. The number of likely N-dealkylation sites (N-methyl/N-ethyl adjacent to an activating group) is 1. The summed E-state index contributed by atoms with van der Waals surface area (Å²) in [6, 6.07) is 5.19. The molecule has 0 atom stereocenters. The molecule has 2 rings (SSSR count). The number of aromatic nitrogens is 2. The third-order valence-electron chi connectivity index (χ3n) is 2.13. The van der Waals surface area contributed by atoms with E-state index in [4.69, 9.17) is 0 Å². The van der Waals surface area contributed by atoms with Crippen molar-refractivity contribution in [1.82, 2.24) is 15.1 Å². The standard InChI is InChI=1S/C10H13N3O/c1-11-4-5-13-7-8-6-9(14)2-3-10(8)12-13/h2-3,6-7,11,14H,4-5H2,1H3. The van der Waals surface area contributed by atoms with Crippen LogP contribution >= 0.6 is 0 Å². The number of phenolic OH excluding ortho intramolecular Hbond substituents is 1. The first-order valence-electron chi connectivity index (χ1n) is 4.60. The van der Waals surface area contributed by atoms with Gasteiger partial charge < -0.3 is 10.4 Å². The van der Waals surface area contributed by atoms with E-state index >= 15 is 0 Å². The van der Waals surface area contributed by atoms with Crippen LogP contribution in [0.1, 0.15) is 0 Å². The highest BCUT2D eigenvalue weighted by atomic mass is 16.3. The first kappa shape index (κ1) is 9.02. The molecule has 0 radical (unpaired) electrons. The Balaban J connectivity index is 2.32. The smallest absolute Gasteiger partial charge is 0.116 e. The summed E-state index contributed by atoms with van der Waals surface area (Å²) in [5.41, 5.74) is 0.916. The number of phenols is 1. The topological polar surface area (TPSA) is 50.1 Å². The van der Waals surface area contributed by atoms with E-state index < -0.39 is 0 Å². The van der Waals surface area contributed by atoms with Crippen LogP contribution < -0.4 is 5.32 Å². The van der Waals surface area contributed by atoms with Crippen molar-refractivity contribution in [3.8, 4) is 5.75 Å². The summed E-state index contributed by atoms with van der Waals surface area (Å²) in [7, 11) is 1.91. The minimum Gasteiger partial charge on any atom is -0.508 e. The van der Waals surface area contributed by atoms with Crippen molar-refractivity contribution in [3.05, 3.63) is 24.4 Å². The number of rotatable bonds is 3. The fourth-order valence-electron chi connectivity index (χ4n) is 1.41. The predicted molar refractivity (Wildman–Crippen MR) is 55.3 cm³/mol. The molecular formula is C10H13N3O. The third kappa shape index (κ3) is 1.70. The molecule has 0 saturated carbocycles. The second-order valence-electron chi connectivity index (χ2n) is 3.24. The normalized spacial score (nSPS) is 10.9. The van der Waals surface area contributed by atoms with Gasteiger partial charge in [-0.25, -0.2) is 0 Å². The fourth-order valence-corrected chi connectivity index (χ4v) is 1.41. The van der Waals surface area contributed by atoms with Crippen molar-refractivity contribution in [2.24, 2.45) is 0 Å². The molecule has 1 aromatic carbocycles. The number of nitrogens with one attached hydrogen (secondary N) is 1. The predicted octanol–water partition coefficient (Wildman–Crippen LogP) is 0.961. The van der Waals surface area contributed by atoms with Crippen molar-refractivity contribution < 1.29 is 5.11 Å². The second-order valence-corrected chi connectivity index (χ2v) is 3.24. The SMILES string of the molecule is CNCCn1cc2cc(O)ccc2n1. The number of fused-ring (bicyclic) bond motifs is 1. The van der Waals surface area contributed by atoms with Gasteiger partial charge in [0.15, 0.2) is 0 Å². The summed E-state index contributed by atoms with van der Waals surface area (Å²) in [6.45, 7) is 1.73. The number of nitrogens with zero attached hydrogens (tertiary/aromatic N) is 2. The van der Waals surface area contributed by atoms with Crippen molar-refractivity contribution in [2.75, 3.05) is 13.6 Å². The summed E-state index contributed by atoms with van der Waals surface area (Å²) >= 11 is 0. The first-order chi connectivity index (χ1) is 6.79. The molecule has 0 bridgehead atoms. The van der Waals surface area contributed by atoms with Gasteiger partial charge in [-0.05, 0) is 25.2 Å². The van der Waals surface area contributed by atoms with Crippen LogP contribution in [0, 0.1) is 0 Å². The van der Waals surface area contributed by atoms with E-state index in [0.29, 0.717) is 0 Å². The molecule has 2 N–H and O–H groups in total. The summed E-state index contributed by atoms with van der Waals surface area (Å²) in [4.78, 5) is 0. The Kier molecular flexibility index (Phi) is 2.37. The van der Waals surface area contributed by atoms with E-state index in [1.54, 1.807) is 12.1 Å². The average molecular weight is 191 g/mol. The van der Waals surface area contributed by atoms with Crippen LogP contribution in [0.15, 0.2) is 24.4 Å².